The van der Waals surface area contributed by atoms with E-state index in [-0.39, 0.29) is 5.76 Å². The predicted octanol–water partition coefficient (Wildman–Crippen LogP) is 0.947. The molecule has 2 N–H and O–H groups in total. The molecule has 66 valence electrons. The molecule has 0 spiro atoms. The second-order valence-electron chi connectivity index (χ2n) is 2.47. The quantitative estimate of drug-likeness (QED) is 0.503. The lowest BCUT2D eigenvalue weighted by molar-refractivity contribution is 0.0678. The molecule has 1 amide bonds. The maximum Gasteiger partial charge on any atom is 0.310 e. The van der Waals surface area contributed by atoms with Gasteiger partial charge in [-0.05, 0) is 12.1 Å². The summed E-state index contributed by atoms with van der Waals surface area (Å²) in [6.07, 6.45) is 3.14. The van der Waals surface area contributed by atoms with Gasteiger partial charge in [0.1, 0.15) is 5.58 Å². The van der Waals surface area contributed by atoms with Crippen LogP contribution < -0.4 is 5.48 Å². The molecule has 0 aliphatic heterocycles. The van der Waals surface area contributed by atoms with E-state index in [1.165, 1.54) is 11.5 Å². The van der Waals surface area contributed by atoms with Crippen molar-refractivity contribution in [2.24, 2.45) is 0 Å². The average molecular weight is 178 g/mol. The molecule has 0 aromatic carbocycles. The molecule has 0 atom stereocenters. The van der Waals surface area contributed by atoms with Crippen molar-refractivity contribution in [3.63, 3.8) is 0 Å². The van der Waals surface area contributed by atoms with Crippen LogP contribution in [0.1, 0.15) is 10.6 Å². The fraction of sp³-hybridized carbons (Fsp3) is 0. The van der Waals surface area contributed by atoms with Gasteiger partial charge in [-0.15, -0.1) is 0 Å². The van der Waals surface area contributed by atoms with E-state index in [0.717, 1.165) is 5.39 Å². The number of rotatable bonds is 1. The third-order valence-corrected chi connectivity index (χ3v) is 1.64. The van der Waals surface area contributed by atoms with Crippen molar-refractivity contribution < 1.29 is 14.4 Å². The third kappa shape index (κ3) is 1.25. The van der Waals surface area contributed by atoms with Gasteiger partial charge in [0.05, 0.1) is 0 Å². The van der Waals surface area contributed by atoms with Gasteiger partial charge in [0.2, 0.25) is 0 Å². The minimum Gasteiger partial charge on any atom is -0.451 e. The van der Waals surface area contributed by atoms with Crippen molar-refractivity contribution in [1.82, 2.24) is 10.5 Å². The van der Waals surface area contributed by atoms with Crippen LogP contribution in [0.25, 0.3) is 11.0 Å². The number of carbonyl (C=O) groups excluding carboxylic acids is 1. The first-order valence-corrected chi connectivity index (χ1v) is 3.59. The number of carbonyl (C=O) groups is 1. The Labute approximate surface area is 73.0 Å². The number of hydrogen-bond donors (Lipinski definition) is 2. The highest BCUT2D eigenvalue weighted by Crippen LogP contribution is 2.17. The second kappa shape index (κ2) is 2.87. The highest BCUT2D eigenvalue weighted by molar-refractivity contribution is 5.95. The first-order valence-electron chi connectivity index (χ1n) is 3.59. The number of hydrogen-bond acceptors (Lipinski definition) is 4. The summed E-state index contributed by atoms with van der Waals surface area (Å²) in [7, 11) is 0. The van der Waals surface area contributed by atoms with Crippen molar-refractivity contribution in [1.29, 1.82) is 0 Å². The van der Waals surface area contributed by atoms with E-state index in [1.807, 2.05) is 0 Å². The summed E-state index contributed by atoms with van der Waals surface area (Å²) >= 11 is 0. The van der Waals surface area contributed by atoms with Crippen LogP contribution in [-0.4, -0.2) is 16.1 Å². The van der Waals surface area contributed by atoms with Crippen LogP contribution >= 0.6 is 0 Å². The summed E-state index contributed by atoms with van der Waals surface area (Å²) in [5.74, 6) is -0.610. The van der Waals surface area contributed by atoms with Gasteiger partial charge < -0.3 is 4.42 Å². The van der Waals surface area contributed by atoms with Gasteiger partial charge in [-0.3, -0.25) is 15.0 Å². The lowest BCUT2D eigenvalue weighted by Crippen LogP contribution is -2.17. The normalized spacial score (nSPS) is 10.2. The van der Waals surface area contributed by atoms with Crippen molar-refractivity contribution in [3.05, 3.63) is 30.3 Å². The summed E-state index contributed by atoms with van der Waals surface area (Å²) in [5.41, 5.74) is 2.05. The van der Waals surface area contributed by atoms with E-state index in [4.69, 9.17) is 9.62 Å². The molecule has 2 rings (SSSR count). The van der Waals surface area contributed by atoms with E-state index < -0.39 is 5.91 Å². The van der Waals surface area contributed by atoms with Crippen LogP contribution in [0.3, 0.4) is 0 Å². The summed E-state index contributed by atoms with van der Waals surface area (Å²) in [4.78, 5) is 14.8. The molecule has 2 heterocycles. The summed E-state index contributed by atoms with van der Waals surface area (Å²) in [6.45, 7) is 0. The average Bonchev–Trinajstić information content (AvgIpc) is 2.59. The standard InChI is InChI=1S/C8H6N2O3/c11-8(10-12)7-3-5-4-9-2-1-6(5)13-7/h1-4,12H,(H,10,11). The molecule has 5 nitrogen and oxygen atoms in total. The van der Waals surface area contributed by atoms with Gasteiger partial charge in [-0.25, -0.2) is 5.48 Å². The number of nitrogens with zero attached hydrogens (tertiary/aromatic N) is 1. The highest BCUT2D eigenvalue weighted by atomic mass is 16.5. The molecule has 13 heavy (non-hydrogen) atoms. The Balaban J connectivity index is 2.56. The SMILES string of the molecule is O=C(NO)c1cc2cnccc2o1. The number of fused-ring (bicyclic) bond motifs is 1. The number of amides is 1. The molecule has 0 fully saturated rings. The molecule has 0 bridgehead atoms. The molecule has 0 aliphatic carbocycles. The van der Waals surface area contributed by atoms with Crippen LogP contribution in [0.2, 0.25) is 0 Å². The smallest absolute Gasteiger partial charge is 0.310 e. The summed E-state index contributed by atoms with van der Waals surface area (Å²) in [5, 5.41) is 9.06. The van der Waals surface area contributed by atoms with Gasteiger partial charge in [-0.2, -0.15) is 0 Å². The van der Waals surface area contributed by atoms with Gasteiger partial charge >= 0.3 is 5.91 Å². The molecular weight excluding hydrogens is 172 g/mol. The molecule has 0 radical (unpaired) electrons. The van der Waals surface area contributed by atoms with Crippen LogP contribution in [-0.2, 0) is 0 Å². The molecule has 0 aliphatic rings. The molecule has 5 heteroatoms. The highest BCUT2D eigenvalue weighted by Gasteiger charge is 2.10. The summed E-state index contributed by atoms with van der Waals surface area (Å²) < 4.78 is 5.11. The minimum absolute atomic E-state index is 0.0606. The van der Waals surface area contributed by atoms with Gasteiger partial charge in [0, 0.05) is 17.8 Å². The first-order chi connectivity index (χ1) is 6.31. The fourth-order valence-electron chi connectivity index (χ4n) is 1.05. The molecular formula is C8H6N2O3. The number of nitrogens with one attached hydrogen (secondary N) is 1. The Hall–Kier alpha value is -1.88. The largest absolute Gasteiger partial charge is 0.451 e. The number of hydroxylamine groups is 1. The molecule has 0 saturated heterocycles. The Morgan fingerprint density at radius 3 is 3.15 bits per heavy atom. The third-order valence-electron chi connectivity index (χ3n) is 1.64. The fourth-order valence-corrected chi connectivity index (χ4v) is 1.05. The van der Waals surface area contributed by atoms with Crippen molar-refractivity contribution in [2.45, 2.75) is 0 Å². The topological polar surface area (TPSA) is 75.4 Å². The number of pyridine rings is 1. The molecule has 2 aromatic heterocycles. The lowest BCUT2D eigenvalue weighted by Gasteiger charge is -1.89. The van der Waals surface area contributed by atoms with E-state index in [1.54, 1.807) is 18.5 Å². The Morgan fingerprint density at radius 1 is 1.62 bits per heavy atom. The van der Waals surface area contributed by atoms with Crippen LogP contribution in [0.15, 0.2) is 28.9 Å². The van der Waals surface area contributed by atoms with E-state index in [2.05, 4.69) is 4.98 Å². The van der Waals surface area contributed by atoms with Crippen molar-refractivity contribution in [2.75, 3.05) is 0 Å². The Morgan fingerprint density at radius 2 is 2.46 bits per heavy atom. The Bertz CT molecular complexity index is 416. The predicted molar refractivity (Wildman–Crippen MR) is 43.3 cm³/mol. The second-order valence-corrected chi connectivity index (χ2v) is 2.47. The van der Waals surface area contributed by atoms with Crippen LogP contribution in [0, 0.1) is 0 Å². The van der Waals surface area contributed by atoms with Crippen molar-refractivity contribution >= 4 is 16.9 Å². The molecule has 0 saturated carbocycles. The van der Waals surface area contributed by atoms with E-state index >= 15 is 0 Å². The van der Waals surface area contributed by atoms with E-state index in [9.17, 15) is 4.79 Å². The zero-order chi connectivity index (χ0) is 9.26. The van der Waals surface area contributed by atoms with E-state index in [0.29, 0.717) is 5.58 Å². The maximum absolute atomic E-state index is 10.9. The molecule has 2 aromatic rings. The van der Waals surface area contributed by atoms with Crippen LogP contribution in [0.4, 0.5) is 0 Å². The monoisotopic (exact) mass is 178 g/mol. The lowest BCUT2D eigenvalue weighted by atomic mass is 10.3. The Kier molecular flexibility index (Phi) is 1.71. The number of aromatic nitrogens is 1. The molecule has 0 unspecified atom stereocenters. The van der Waals surface area contributed by atoms with Gasteiger partial charge in [0.15, 0.2) is 5.76 Å². The van der Waals surface area contributed by atoms with Crippen molar-refractivity contribution in [3.8, 4) is 0 Å². The maximum atomic E-state index is 10.9. The van der Waals surface area contributed by atoms with Crippen LogP contribution in [0.5, 0.6) is 0 Å². The minimum atomic E-state index is -0.670. The first kappa shape index (κ1) is 7.75. The number of furan rings is 1. The van der Waals surface area contributed by atoms with Gasteiger partial charge in [0.25, 0.3) is 0 Å². The summed E-state index contributed by atoms with van der Waals surface area (Å²) in [6, 6.07) is 3.15. The zero-order valence-corrected chi connectivity index (χ0v) is 6.52. The van der Waals surface area contributed by atoms with Gasteiger partial charge in [-0.1, -0.05) is 0 Å². The zero-order valence-electron chi connectivity index (χ0n) is 6.52.